The zero-order chi connectivity index (χ0) is 25.9. The second kappa shape index (κ2) is 8.80. The lowest BCUT2D eigenvalue weighted by molar-refractivity contribution is -0.277. The third-order valence-electron chi connectivity index (χ3n) is 6.20. The van der Waals surface area contributed by atoms with Crippen LogP contribution in [0.25, 0.3) is 32.7 Å². The van der Waals surface area contributed by atoms with Crippen LogP contribution in [0.5, 0.6) is 23.0 Å². The first-order valence-electron chi connectivity index (χ1n) is 10.7. The number of methoxy groups -OCH3 is 3. The van der Waals surface area contributed by atoms with Gasteiger partial charge in [0.2, 0.25) is 17.8 Å². The molecule has 5 rings (SSSR count). The van der Waals surface area contributed by atoms with Crippen molar-refractivity contribution >= 4 is 32.7 Å². The van der Waals surface area contributed by atoms with Crippen LogP contribution in [0.3, 0.4) is 0 Å². The van der Waals surface area contributed by atoms with Crippen LogP contribution in [0.4, 0.5) is 0 Å². The van der Waals surface area contributed by atoms with Gasteiger partial charge in [0, 0.05) is 10.8 Å². The second-order valence-corrected chi connectivity index (χ2v) is 8.12. The lowest BCUT2D eigenvalue weighted by Crippen LogP contribution is -2.60. The van der Waals surface area contributed by atoms with Gasteiger partial charge in [-0.25, -0.2) is 9.59 Å². The quantitative estimate of drug-likeness (QED) is 0.197. The number of benzene rings is 2. The topological polar surface area (TPSA) is 187 Å². The third kappa shape index (κ3) is 3.36. The van der Waals surface area contributed by atoms with Gasteiger partial charge in [-0.3, -0.25) is 0 Å². The summed E-state index contributed by atoms with van der Waals surface area (Å²) in [6.45, 7) is -0.674. The Hall–Kier alpha value is -3.62. The molecule has 13 heteroatoms. The molecule has 1 aliphatic rings. The van der Waals surface area contributed by atoms with Crippen molar-refractivity contribution in [1.82, 2.24) is 0 Å². The molecule has 2 aromatic carbocycles. The van der Waals surface area contributed by atoms with Gasteiger partial charge in [-0.05, 0) is 12.1 Å². The van der Waals surface area contributed by atoms with Crippen LogP contribution < -0.4 is 30.2 Å². The van der Waals surface area contributed by atoms with Crippen molar-refractivity contribution in [3.05, 3.63) is 33.0 Å². The van der Waals surface area contributed by atoms with Crippen molar-refractivity contribution in [2.45, 2.75) is 30.7 Å². The number of aliphatic hydroxyl groups excluding tert-OH is 4. The average Bonchev–Trinajstić information content (AvgIpc) is 2.87. The monoisotopic (exact) mass is 506 g/mol. The molecule has 0 saturated carbocycles. The molecule has 3 heterocycles. The minimum Gasteiger partial charge on any atom is -0.493 e. The number of ether oxygens (including phenoxy) is 5. The van der Waals surface area contributed by atoms with Crippen LogP contribution in [-0.4, -0.2) is 79.1 Å². The molecule has 4 N–H and O–H groups in total. The Bertz CT molecular complexity index is 1550. The van der Waals surface area contributed by atoms with E-state index in [0.29, 0.717) is 0 Å². The highest BCUT2D eigenvalue weighted by atomic mass is 16.7. The van der Waals surface area contributed by atoms with Crippen LogP contribution in [-0.2, 0) is 4.74 Å². The standard InChI is InChI=1S/C23H22O13/c1-30-9-4-7-12-13-8(22(29)35-19(12)17(9)31-2)5-10(18(32-3)20(13)36-21(7)28)33-23-16(27)15(26)14(25)11(6-24)34-23/h4-5,11,14-16,23-27H,6H2,1-3H3/t11-,14-,15+,16-,23-/m0/s1. The van der Waals surface area contributed by atoms with Crippen LogP contribution in [0.1, 0.15) is 0 Å². The van der Waals surface area contributed by atoms with Gasteiger partial charge in [0.15, 0.2) is 22.7 Å². The SMILES string of the molecule is COc1cc2c(=O)oc3c(OC)c(O[C@H]4O[C@@H](CO)[C@H](O)[C@@H](O)[C@@H]4O)cc4c(=O)oc(c1OC)c2c34. The average molecular weight is 506 g/mol. The molecule has 0 aliphatic carbocycles. The molecular formula is C23H22O13. The summed E-state index contributed by atoms with van der Waals surface area (Å²) in [6, 6.07) is 2.64. The molecule has 0 bridgehead atoms. The largest absolute Gasteiger partial charge is 0.493 e. The first-order valence-corrected chi connectivity index (χ1v) is 10.7. The summed E-state index contributed by atoms with van der Waals surface area (Å²) >= 11 is 0. The fourth-order valence-electron chi connectivity index (χ4n) is 4.46. The Morgan fingerprint density at radius 1 is 0.778 bits per heavy atom. The molecule has 0 unspecified atom stereocenters. The van der Waals surface area contributed by atoms with Crippen molar-refractivity contribution < 1.29 is 52.9 Å². The normalized spacial score (nSPS) is 24.5. The number of hydrogen-bond donors (Lipinski definition) is 4. The molecule has 192 valence electrons. The summed E-state index contributed by atoms with van der Waals surface area (Å²) in [6.07, 6.45) is -7.88. The minimum atomic E-state index is -1.74. The highest BCUT2D eigenvalue weighted by Gasteiger charge is 2.45. The zero-order valence-electron chi connectivity index (χ0n) is 19.2. The predicted molar refractivity (Wildman–Crippen MR) is 121 cm³/mol. The van der Waals surface area contributed by atoms with Gasteiger partial charge < -0.3 is 52.9 Å². The maximum absolute atomic E-state index is 13.0. The molecule has 0 amide bonds. The van der Waals surface area contributed by atoms with Gasteiger partial charge >= 0.3 is 11.3 Å². The molecule has 2 aromatic heterocycles. The molecule has 0 radical (unpaired) electrons. The number of aliphatic hydroxyl groups is 4. The van der Waals surface area contributed by atoms with Crippen molar-refractivity contribution in [3.63, 3.8) is 0 Å². The van der Waals surface area contributed by atoms with E-state index in [1.807, 2.05) is 0 Å². The van der Waals surface area contributed by atoms with Crippen LogP contribution in [0.2, 0.25) is 0 Å². The first kappa shape index (κ1) is 24.1. The summed E-state index contributed by atoms with van der Waals surface area (Å²) in [7, 11) is 3.98. The smallest absolute Gasteiger partial charge is 0.344 e. The predicted octanol–water partition coefficient (Wildman–Crippen LogP) is -0.305. The van der Waals surface area contributed by atoms with Gasteiger partial charge in [-0.1, -0.05) is 0 Å². The third-order valence-corrected chi connectivity index (χ3v) is 6.20. The lowest BCUT2D eigenvalue weighted by Gasteiger charge is -2.39. The van der Waals surface area contributed by atoms with Crippen molar-refractivity contribution in [1.29, 1.82) is 0 Å². The molecule has 5 atom stereocenters. The van der Waals surface area contributed by atoms with E-state index in [9.17, 15) is 30.0 Å². The second-order valence-electron chi connectivity index (χ2n) is 8.12. The molecule has 1 saturated heterocycles. The summed E-state index contributed by atoms with van der Waals surface area (Å²) in [5, 5.41) is 40.3. The Morgan fingerprint density at radius 2 is 1.31 bits per heavy atom. The summed E-state index contributed by atoms with van der Waals surface area (Å²) < 4.78 is 38.2. The Morgan fingerprint density at radius 3 is 1.81 bits per heavy atom. The Balaban J connectivity index is 1.78. The van der Waals surface area contributed by atoms with E-state index in [4.69, 9.17) is 32.5 Å². The maximum atomic E-state index is 13.0. The van der Waals surface area contributed by atoms with Gasteiger partial charge in [0.1, 0.15) is 24.4 Å². The van der Waals surface area contributed by atoms with Crippen LogP contribution >= 0.6 is 0 Å². The van der Waals surface area contributed by atoms with E-state index in [2.05, 4.69) is 0 Å². The van der Waals surface area contributed by atoms with Gasteiger partial charge in [-0.2, -0.15) is 0 Å². The highest BCUT2D eigenvalue weighted by molar-refractivity contribution is 6.22. The van der Waals surface area contributed by atoms with Crippen molar-refractivity contribution in [3.8, 4) is 23.0 Å². The summed E-state index contributed by atoms with van der Waals surface area (Å²) in [4.78, 5) is 26.0. The number of rotatable bonds is 6. The first-order chi connectivity index (χ1) is 17.2. The summed E-state index contributed by atoms with van der Waals surface area (Å²) in [5.74, 6) is -0.0817. The summed E-state index contributed by atoms with van der Waals surface area (Å²) in [5.41, 5.74) is -1.83. The van der Waals surface area contributed by atoms with E-state index in [-0.39, 0.29) is 55.7 Å². The molecule has 36 heavy (non-hydrogen) atoms. The van der Waals surface area contributed by atoms with Gasteiger partial charge in [-0.15, -0.1) is 0 Å². The molecular weight excluding hydrogens is 484 g/mol. The van der Waals surface area contributed by atoms with E-state index in [0.717, 1.165) is 0 Å². The van der Waals surface area contributed by atoms with Crippen molar-refractivity contribution in [2.24, 2.45) is 0 Å². The lowest BCUT2D eigenvalue weighted by atomic mass is 9.99. The highest BCUT2D eigenvalue weighted by Crippen LogP contribution is 2.46. The van der Waals surface area contributed by atoms with E-state index < -0.39 is 48.6 Å². The Labute approximate surface area is 200 Å². The maximum Gasteiger partial charge on any atom is 0.344 e. The fourth-order valence-corrected chi connectivity index (χ4v) is 4.46. The van der Waals surface area contributed by atoms with Crippen LogP contribution in [0.15, 0.2) is 30.6 Å². The number of hydrogen-bond acceptors (Lipinski definition) is 13. The molecule has 1 fully saturated rings. The molecule has 13 nitrogen and oxygen atoms in total. The van der Waals surface area contributed by atoms with Gasteiger partial charge in [0.05, 0.1) is 38.7 Å². The van der Waals surface area contributed by atoms with E-state index >= 15 is 0 Å². The molecule has 4 aromatic rings. The van der Waals surface area contributed by atoms with Crippen LogP contribution in [0, 0.1) is 0 Å². The van der Waals surface area contributed by atoms with Gasteiger partial charge in [0.25, 0.3) is 0 Å². The minimum absolute atomic E-state index is 0.0353. The van der Waals surface area contributed by atoms with E-state index in [1.165, 1.54) is 33.5 Å². The van der Waals surface area contributed by atoms with Crippen molar-refractivity contribution in [2.75, 3.05) is 27.9 Å². The molecule has 0 spiro atoms. The fraction of sp³-hybridized carbons (Fsp3) is 0.391. The molecule has 1 aliphatic heterocycles. The zero-order valence-corrected chi connectivity index (χ0v) is 19.2. The van der Waals surface area contributed by atoms with E-state index in [1.54, 1.807) is 0 Å². The Kier molecular flexibility index (Phi) is 5.89.